The van der Waals surface area contributed by atoms with Crippen molar-refractivity contribution in [2.45, 2.75) is 19.5 Å². The largest absolute Gasteiger partial charge is 0.352 e. The molecule has 0 aliphatic carbocycles. The van der Waals surface area contributed by atoms with Gasteiger partial charge in [-0.2, -0.15) is 0 Å². The van der Waals surface area contributed by atoms with Crippen LogP contribution in [0.25, 0.3) is 11.0 Å². The van der Waals surface area contributed by atoms with E-state index in [0.29, 0.717) is 17.9 Å². The zero-order valence-corrected chi connectivity index (χ0v) is 13.7. The fourth-order valence-electron chi connectivity index (χ4n) is 2.49. The van der Waals surface area contributed by atoms with Crippen LogP contribution < -0.4 is 16.4 Å². The van der Waals surface area contributed by atoms with Crippen LogP contribution in [-0.2, 0) is 6.54 Å². The summed E-state index contributed by atoms with van der Waals surface area (Å²) in [5.41, 5.74) is 8.23. The molecule has 3 rings (SSSR count). The monoisotopic (exact) mass is 337 g/mol. The van der Waals surface area contributed by atoms with Gasteiger partial charge in [0.15, 0.2) is 0 Å². The second-order valence-electron chi connectivity index (χ2n) is 5.75. The average Bonchev–Trinajstić information content (AvgIpc) is 3.04. The fraction of sp³-hybridized carbons (Fsp3) is 0.167. The van der Waals surface area contributed by atoms with Crippen molar-refractivity contribution in [1.82, 2.24) is 20.6 Å². The molecule has 7 heteroatoms. The molecule has 0 saturated carbocycles. The minimum absolute atomic E-state index is 0.192. The van der Waals surface area contributed by atoms with E-state index in [1.807, 2.05) is 31.2 Å². The third-order valence-electron chi connectivity index (χ3n) is 3.85. The van der Waals surface area contributed by atoms with Crippen LogP contribution in [0.3, 0.4) is 0 Å². The molecule has 0 saturated heterocycles. The maximum Gasteiger partial charge on any atom is 0.312 e. The molecule has 1 atom stereocenters. The van der Waals surface area contributed by atoms with Crippen molar-refractivity contribution in [3.05, 3.63) is 65.5 Å². The van der Waals surface area contributed by atoms with E-state index in [9.17, 15) is 9.59 Å². The molecule has 0 radical (unpaired) electrons. The number of nitrogens with zero attached hydrogens (tertiary/aromatic N) is 1. The number of primary amides is 1. The van der Waals surface area contributed by atoms with Crippen LogP contribution >= 0.6 is 0 Å². The Morgan fingerprint density at radius 1 is 1.16 bits per heavy atom. The number of aromatic amines is 1. The highest BCUT2D eigenvalue weighted by Crippen LogP contribution is 2.16. The summed E-state index contributed by atoms with van der Waals surface area (Å²) in [5, 5.41) is 5.42. The lowest BCUT2D eigenvalue weighted by molar-refractivity contribution is 0.0938. The van der Waals surface area contributed by atoms with E-state index in [1.54, 1.807) is 24.3 Å². The van der Waals surface area contributed by atoms with Crippen LogP contribution in [0.15, 0.2) is 48.5 Å². The second-order valence-corrected chi connectivity index (χ2v) is 5.75. The smallest absolute Gasteiger partial charge is 0.312 e. The van der Waals surface area contributed by atoms with Gasteiger partial charge in [0.1, 0.15) is 5.82 Å². The van der Waals surface area contributed by atoms with Gasteiger partial charge in [-0.1, -0.05) is 24.3 Å². The first-order chi connectivity index (χ1) is 12.0. The summed E-state index contributed by atoms with van der Waals surface area (Å²) in [6, 6.07) is 13.8. The normalized spacial score (nSPS) is 11.9. The average molecular weight is 337 g/mol. The van der Waals surface area contributed by atoms with Crippen LogP contribution in [0.2, 0.25) is 0 Å². The van der Waals surface area contributed by atoms with Crippen molar-refractivity contribution in [3.8, 4) is 0 Å². The van der Waals surface area contributed by atoms with Gasteiger partial charge in [0.2, 0.25) is 0 Å². The molecule has 3 aromatic rings. The number of urea groups is 1. The zero-order valence-electron chi connectivity index (χ0n) is 13.7. The molecule has 1 heterocycles. The van der Waals surface area contributed by atoms with Crippen LogP contribution in [0.5, 0.6) is 0 Å². The molecule has 0 fully saturated rings. The number of imidazole rings is 1. The van der Waals surface area contributed by atoms with Crippen molar-refractivity contribution in [2.24, 2.45) is 5.73 Å². The second kappa shape index (κ2) is 7.04. The van der Waals surface area contributed by atoms with Crippen molar-refractivity contribution in [3.63, 3.8) is 0 Å². The summed E-state index contributed by atoms with van der Waals surface area (Å²) in [6.45, 7) is 2.20. The van der Waals surface area contributed by atoms with Gasteiger partial charge in [0.25, 0.3) is 5.91 Å². The summed E-state index contributed by atoms with van der Waals surface area (Å²) < 4.78 is 0. The molecule has 1 aromatic heterocycles. The number of benzene rings is 2. The van der Waals surface area contributed by atoms with Gasteiger partial charge in [0.05, 0.1) is 17.1 Å². The first-order valence-corrected chi connectivity index (χ1v) is 7.90. The van der Waals surface area contributed by atoms with Gasteiger partial charge in [-0.3, -0.25) is 4.79 Å². The van der Waals surface area contributed by atoms with E-state index >= 15 is 0 Å². The van der Waals surface area contributed by atoms with Gasteiger partial charge in [-0.05, 0) is 36.8 Å². The third-order valence-corrected chi connectivity index (χ3v) is 3.85. The molecule has 2 aromatic carbocycles. The van der Waals surface area contributed by atoms with Crippen LogP contribution in [0.4, 0.5) is 4.79 Å². The highest BCUT2D eigenvalue weighted by molar-refractivity contribution is 5.94. The number of nitrogens with one attached hydrogen (secondary N) is 3. The van der Waals surface area contributed by atoms with Gasteiger partial charge in [-0.15, -0.1) is 0 Å². The number of rotatable bonds is 5. The molecule has 0 spiro atoms. The van der Waals surface area contributed by atoms with Gasteiger partial charge < -0.3 is 21.4 Å². The van der Waals surface area contributed by atoms with Crippen molar-refractivity contribution in [1.29, 1.82) is 0 Å². The quantitative estimate of drug-likeness (QED) is 0.572. The predicted molar refractivity (Wildman–Crippen MR) is 94.8 cm³/mol. The minimum atomic E-state index is -0.582. The Bertz CT molecular complexity index is 868. The standard InChI is InChI=1S/C18H19N5O2/c1-11(16-22-14-4-2-3-5-15(14)23-16)21-17(24)13-8-6-12(7-9-13)10-20-18(19)25/h2-9,11H,10H2,1H3,(H,21,24)(H,22,23)(H3,19,20,25). The third kappa shape index (κ3) is 3.95. The summed E-state index contributed by atoms with van der Waals surface area (Å²) in [5.74, 6) is 0.513. The lowest BCUT2D eigenvalue weighted by atomic mass is 10.1. The van der Waals surface area contributed by atoms with Gasteiger partial charge >= 0.3 is 6.03 Å². The summed E-state index contributed by atoms with van der Waals surface area (Å²) >= 11 is 0. The molecule has 0 aliphatic heterocycles. The topological polar surface area (TPSA) is 113 Å². The Morgan fingerprint density at radius 2 is 1.88 bits per heavy atom. The molecular formula is C18H19N5O2. The number of amides is 3. The van der Waals surface area contributed by atoms with E-state index in [1.165, 1.54) is 0 Å². The Hall–Kier alpha value is -3.35. The Morgan fingerprint density at radius 3 is 2.56 bits per heavy atom. The maximum absolute atomic E-state index is 12.4. The summed E-state index contributed by atoms with van der Waals surface area (Å²) in [7, 11) is 0. The number of aromatic nitrogens is 2. The number of H-pyrrole nitrogens is 1. The molecule has 3 amide bonds. The van der Waals surface area contributed by atoms with Gasteiger partial charge in [0, 0.05) is 12.1 Å². The molecule has 5 N–H and O–H groups in total. The van der Waals surface area contributed by atoms with Crippen LogP contribution in [-0.4, -0.2) is 21.9 Å². The van der Waals surface area contributed by atoms with Crippen molar-refractivity contribution in [2.75, 3.05) is 0 Å². The molecule has 25 heavy (non-hydrogen) atoms. The van der Waals surface area contributed by atoms with Crippen molar-refractivity contribution < 1.29 is 9.59 Å². The molecular weight excluding hydrogens is 318 g/mol. The van der Waals surface area contributed by atoms with E-state index in [2.05, 4.69) is 20.6 Å². The first-order valence-electron chi connectivity index (χ1n) is 7.90. The maximum atomic E-state index is 12.4. The number of carbonyl (C=O) groups excluding carboxylic acids is 2. The van der Waals surface area contributed by atoms with E-state index < -0.39 is 6.03 Å². The van der Waals surface area contributed by atoms with Gasteiger partial charge in [-0.25, -0.2) is 9.78 Å². The van der Waals surface area contributed by atoms with Crippen molar-refractivity contribution >= 4 is 23.0 Å². The molecule has 1 unspecified atom stereocenters. The number of nitrogens with two attached hydrogens (primary N) is 1. The zero-order chi connectivity index (χ0) is 17.8. The minimum Gasteiger partial charge on any atom is -0.352 e. The highest BCUT2D eigenvalue weighted by Gasteiger charge is 2.14. The van der Waals surface area contributed by atoms with Crippen LogP contribution in [0, 0.1) is 0 Å². The summed E-state index contributed by atoms with van der Waals surface area (Å²) in [4.78, 5) is 30.8. The number of carbonyl (C=O) groups is 2. The predicted octanol–water partition coefficient (Wildman–Crippen LogP) is 2.22. The SMILES string of the molecule is CC(NC(=O)c1ccc(CNC(N)=O)cc1)c1nc2ccccc2[nH]1. The van der Waals surface area contributed by atoms with E-state index in [-0.39, 0.29) is 11.9 Å². The molecule has 0 bridgehead atoms. The number of hydrogen-bond donors (Lipinski definition) is 4. The Balaban J connectivity index is 1.65. The summed E-state index contributed by atoms with van der Waals surface area (Å²) in [6.07, 6.45) is 0. The number of para-hydroxylation sites is 2. The molecule has 128 valence electrons. The Kier molecular flexibility index (Phi) is 4.65. The van der Waals surface area contributed by atoms with Crippen LogP contribution in [0.1, 0.15) is 34.7 Å². The lowest BCUT2D eigenvalue weighted by Crippen LogP contribution is -2.29. The lowest BCUT2D eigenvalue weighted by Gasteiger charge is -2.12. The highest BCUT2D eigenvalue weighted by atomic mass is 16.2. The first kappa shape index (κ1) is 16.5. The number of hydrogen-bond acceptors (Lipinski definition) is 3. The Labute approximate surface area is 144 Å². The fourth-order valence-corrected chi connectivity index (χ4v) is 2.49. The molecule has 0 aliphatic rings. The number of fused-ring (bicyclic) bond motifs is 1. The van der Waals surface area contributed by atoms with E-state index in [0.717, 1.165) is 16.6 Å². The van der Waals surface area contributed by atoms with E-state index in [4.69, 9.17) is 5.73 Å². The molecule has 7 nitrogen and oxygen atoms in total.